The number of nitriles is 1. The highest BCUT2D eigenvalue weighted by Gasteiger charge is 2.38. The molecule has 0 saturated heterocycles. The summed E-state index contributed by atoms with van der Waals surface area (Å²) in [6, 6.07) is 12.9. The second-order valence-corrected chi connectivity index (χ2v) is 7.08. The molecule has 0 amide bonds. The van der Waals surface area contributed by atoms with Gasteiger partial charge in [0.15, 0.2) is 0 Å². The van der Waals surface area contributed by atoms with Crippen molar-refractivity contribution in [2.45, 2.75) is 26.4 Å². The van der Waals surface area contributed by atoms with E-state index in [1.54, 1.807) is 26.0 Å². The van der Waals surface area contributed by atoms with Crippen LogP contribution >= 0.6 is 15.9 Å². The van der Waals surface area contributed by atoms with E-state index in [-0.39, 0.29) is 36.0 Å². The van der Waals surface area contributed by atoms with Crippen molar-refractivity contribution in [1.29, 1.82) is 5.26 Å². The van der Waals surface area contributed by atoms with Crippen molar-refractivity contribution in [3.8, 4) is 11.8 Å². The SMILES string of the molecule is CCOC(=O)C1=C(C)OC(N)=C(C#N)[C@@H]1c1ccc(COc2cccc(Br)c2)o1. The van der Waals surface area contributed by atoms with Crippen molar-refractivity contribution < 1.29 is 23.4 Å². The molecule has 0 bridgehead atoms. The molecule has 7 nitrogen and oxygen atoms in total. The van der Waals surface area contributed by atoms with Crippen LogP contribution in [0, 0.1) is 11.3 Å². The molecule has 1 atom stereocenters. The Kier molecular flexibility index (Phi) is 6.29. The van der Waals surface area contributed by atoms with Gasteiger partial charge in [-0.25, -0.2) is 4.79 Å². The molecule has 0 aliphatic carbocycles. The Morgan fingerprint density at radius 3 is 2.83 bits per heavy atom. The van der Waals surface area contributed by atoms with E-state index in [2.05, 4.69) is 15.9 Å². The number of benzene rings is 1. The van der Waals surface area contributed by atoms with Crippen molar-refractivity contribution in [3.05, 3.63) is 75.2 Å². The number of rotatable bonds is 6. The van der Waals surface area contributed by atoms with Gasteiger partial charge in [0.1, 0.15) is 41.3 Å². The summed E-state index contributed by atoms with van der Waals surface area (Å²) in [4.78, 5) is 12.5. The van der Waals surface area contributed by atoms with E-state index >= 15 is 0 Å². The quantitative estimate of drug-likeness (QED) is 0.643. The molecule has 0 fully saturated rings. The zero-order chi connectivity index (χ0) is 21.0. The molecule has 0 unspecified atom stereocenters. The third-order valence-electron chi connectivity index (χ3n) is 4.25. The monoisotopic (exact) mass is 458 g/mol. The predicted molar refractivity (Wildman–Crippen MR) is 107 cm³/mol. The molecule has 1 aliphatic rings. The summed E-state index contributed by atoms with van der Waals surface area (Å²) < 4.78 is 23.0. The summed E-state index contributed by atoms with van der Waals surface area (Å²) in [7, 11) is 0. The minimum absolute atomic E-state index is 0.0635. The number of halogens is 1. The van der Waals surface area contributed by atoms with Gasteiger partial charge >= 0.3 is 5.97 Å². The number of allylic oxidation sites excluding steroid dienone is 2. The number of carbonyl (C=O) groups excluding carboxylic acids is 1. The molecule has 2 heterocycles. The van der Waals surface area contributed by atoms with E-state index in [1.807, 2.05) is 30.3 Å². The maximum atomic E-state index is 12.5. The number of hydrogen-bond acceptors (Lipinski definition) is 7. The van der Waals surface area contributed by atoms with Gasteiger partial charge in [-0.2, -0.15) is 5.26 Å². The number of nitrogens with zero attached hydrogens (tertiary/aromatic N) is 1. The van der Waals surface area contributed by atoms with Crippen LogP contribution in [0.5, 0.6) is 5.75 Å². The molecule has 3 rings (SSSR count). The highest BCUT2D eigenvalue weighted by molar-refractivity contribution is 9.10. The average molecular weight is 459 g/mol. The largest absolute Gasteiger partial charge is 0.486 e. The first-order valence-corrected chi connectivity index (χ1v) is 9.66. The Labute approximate surface area is 176 Å². The fourth-order valence-electron chi connectivity index (χ4n) is 2.98. The summed E-state index contributed by atoms with van der Waals surface area (Å²) in [5.74, 6) is 0.394. The van der Waals surface area contributed by atoms with Crippen molar-refractivity contribution >= 4 is 21.9 Å². The zero-order valence-corrected chi connectivity index (χ0v) is 17.5. The molecule has 29 heavy (non-hydrogen) atoms. The van der Waals surface area contributed by atoms with E-state index in [9.17, 15) is 10.1 Å². The topological polar surface area (TPSA) is 108 Å². The second kappa shape index (κ2) is 8.88. The first-order valence-electron chi connectivity index (χ1n) is 8.87. The number of esters is 1. The number of carbonyl (C=O) groups is 1. The van der Waals surface area contributed by atoms with Gasteiger partial charge in [-0.05, 0) is 44.2 Å². The molecule has 1 aromatic heterocycles. The Hall–Kier alpha value is -3.18. The molecule has 2 N–H and O–H groups in total. The van der Waals surface area contributed by atoms with Gasteiger partial charge < -0.3 is 24.4 Å². The Morgan fingerprint density at radius 1 is 1.34 bits per heavy atom. The van der Waals surface area contributed by atoms with Crippen LogP contribution in [0.15, 0.2) is 68.1 Å². The molecule has 1 aliphatic heterocycles. The third kappa shape index (κ3) is 4.46. The average Bonchev–Trinajstić information content (AvgIpc) is 3.14. The molecule has 150 valence electrons. The lowest BCUT2D eigenvalue weighted by Crippen LogP contribution is -2.25. The Balaban J connectivity index is 1.89. The van der Waals surface area contributed by atoms with Gasteiger partial charge in [-0.1, -0.05) is 22.0 Å². The molecule has 0 spiro atoms. The summed E-state index contributed by atoms with van der Waals surface area (Å²) in [6.07, 6.45) is 0. The van der Waals surface area contributed by atoms with Gasteiger partial charge in [0, 0.05) is 4.47 Å². The van der Waals surface area contributed by atoms with Gasteiger partial charge in [-0.3, -0.25) is 0 Å². The smallest absolute Gasteiger partial charge is 0.338 e. The lowest BCUT2D eigenvalue weighted by atomic mass is 9.87. The molecular weight excluding hydrogens is 440 g/mol. The lowest BCUT2D eigenvalue weighted by molar-refractivity contribution is -0.139. The predicted octanol–water partition coefficient (Wildman–Crippen LogP) is 4.27. The first-order chi connectivity index (χ1) is 13.9. The number of nitrogens with two attached hydrogens (primary N) is 1. The second-order valence-electron chi connectivity index (χ2n) is 6.17. The number of ether oxygens (including phenoxy) is 3. The van der Waals surface area contributed by atoms with Gasteiger partial charge in [0.25, 0.3) is 0 Å². The number of hydrogen-bond donors (Lipinski definition) is 1. The van der Waals surface area contributed by atoms with Crippen molar-refractivity contribution in [2.24, 2.45) is 5.73 Å². The highest BCUT2D eigenvalue weighted by Crippen LogP contribution is 2.40. The summed E-state index contributed by atoms with van der Waals surface area (Å²) in [5, 5.41) is 9.58. The minimum Gasteiger partial charge on any atom is -0.486 e. The van der Waals surface area contributed by atoms with Crippen LogP contribution in [0.25, 0.3) is 0 Å². The molecule has 8 heteroatoms. The summed E-state index contributed by atoms with van der Waals surface area (Å²) in [6.45, 7) is 3.66. The first kappa shape index (κ1) is 20.6. The summed E-state index contributed by atoms with van der Waals surface area (Å²) >= 11 is 3.39. The fourth-order valence-corrected chi connectivity index (χ4v) is 3.36. The van der Waals surface area contributed by atoms with Crippen LogP contribution in [0.1, 0.15) is 31.3 Å². The lowest BCUT2D eigenvalue weighted by Gasteiger charge is -2.25. The van der Waals surface area contributed by atoms with E-state index in [1.165, 1.54) is 0 Å². The molecule has 0 saturated carbocycles. The van der Waals surface area contributed by atoms with Crippen LogP contribution in [-0.2, 0) is 20.9 Å². The summed E-state index contributed by atoms with van der Waals surface area (Å²) in [5.41, 5.74) is 6.15. The number of furan rings is 1. The van der Waals surface area contributed by atoms with Crippen molar-refractivity contribution in [3.63, 3.8) is 0 Å². The van der Waals surface area contributed by atoms with Crippen LogP contribution in [0.3, 0.4) is 0 Å². The van der Waals surface area contributed by atoms with Crippen LogP contribution < -0.4 is 10.5 Å². The molecule has 1 aromatic carbocycles. The molecular formula is C21H19BrN2O5. The maximum Gasteiger partial charge on any atom is 0.338 e. The van der Waals surface area contributed by atoms with Crippen molar-refractivity contribution in [2.75, 3.05) is 6.61 Å². The van der Waals surface area contributed by atoms with Crippen LogP contribution in [-0.4, -0.2) is 12.6 Å². The van der Waals surface area contributed by atoms with E-state index in [4.69, 9.17) is 24.4 Å². The normalized spacial score (nSPS) is 16.3. The highest BCUT2D eigenvalue weighted by atomic mass is 79.9. The van der Waals surface area contributed by atoms with Gasteiger partial charge in [0.05, 0.1) is 18.1 Å². The van der Waals surface area contributed by atoms with Gasteiger partial charge in [0.2, 0.25) is 5.88 Å². The third-order valence-corrected chi connectivity index (χ3v) is 4.74. The maximum absolute atomic E-state index is 12.5. The van der Waals surface area contributed by atoms with E-state index in [0.29, 0.717) is 17.3 Å². The van der Waals surface area contributed by atoms with Crippen molar-refractivity contribution in [1.82, 2.24) is 0 Å². The van der Waals surface area contributed by atoms with E-state index < -0.39 is 11.9 Å². The Morgan fingerprint density at radius 2 is 2.14 bits per heavy atom. The van der Waals surface area contributed by atoms with E-state index in [0.717, 1.165) is 4.47 Å². The van der Waals surface area contributed by atoms with Crippen LogP contribution in [0.2, 0.25) is 0 Å². The molecule has 0 radical (unpaired) electrons. The van der Waals surface area contributed by atoms with Crippen LogP contribution in [0.4, 0.5) is 0 Å². The fraction of sp³-hybridized carbons (Fsp3) is 0.238. The van der Waals surface area contributed by atoms with Gasteiger partial charge in [-0.15, -0.1) is 0 Å². The standard InChI is InChI=1S/C21H19BrN2O5/c1-3-26-21(25)18-12(2)28-20(24)16(10-23)19(18)17-8-7-15(29-17)11-27-14-6-4-5-13(22)9-14/h4-9,19H,3,11,24H2,1-2H3/t19-/m1/s1. The minimum atomic E-state index is -0.813. The zero-order valence-electron chi connectivity index (χ0n) is 15.9. The molecule has 2 aromatic rings. The Bertz CT molecular complexity index is 1030.